The van der Waals surface area contributed by atoms with Crippen LogP contribution in [-0.2, 0) is 21.2 Å². The average Bonchev–Trinajstić information content (AvgIpc) is 3.22. The van der Waals surface area contributed by atoms with E-state index in [0.717, 1.165) is 16.7 Å². The number of aromatic nitrogens is 2. The van der Waals surface area contributed by atoms with Crippen molar-refractivity contribution in [3.05, 3.63) is 88.3 Å². The number of fused-ring (bicyclic) bond motifs is 1. The fraction of sp³-hybridized carbons (Fsp3) is 0.192. The van der Waals surface area contributed by atoms with Gasteiger partial charge in [0, 0.05) is 34.9 Å². The molecule has 0 saturated heterocycles. The summed E-state index contributed by atoms with van der Waals surface area (Å²) in [5.41, 5.74) is 2.67. The fourth-order valence-corrected chi connectivity index (χ4v) is 5.92. The van der Waals surface area contributed by atoms with Crippen LogP contribution >= 0.6 is 11.6 Å². The number of hydrogen-bond acceptors (Lipinski definition) is 5. The molecule has 2 heterocycles. The predicted octanol–water partition coefficient (Wildman–Crippen LogP) is 4.10. The zero-order chi connectivity index (χ0) is 26.0. The van der Waals surface area contributed by atoms with E-state index >= 15 is 0 Å². The summed E-state index contributed by atoms with van der Waals surface area (Å²) in [5, 5.41) is 5.97. The summed E-state index contributed by atoms with van der Waals surface area (Å²) in [7, 11) is -4.12. The smallest absolute Gasteiger partial charge is 0.269 e. The van der Waals surface area contributed by atoms with Gasteiger partial charge in [-0.1, -0.05) is 17.7 Å². The van der Waals surface area contributed by atoms with Crippen molar-refractivity contribution >= 4 is 44.2 Å². The van der Waals surface area contributed by atoms with Crippen LogP contribution in [0.25, 0.3) is 10.9 Å². The van der Waals surface area contributed by atoms with Crippen molar-refractivity contribution in [2.45, 2.75) is 43.1 Å². The number of nitrogens with zero attached hydrogens (tertiary/aromatic N) is 1. The molecule has 8 nitrogen and oxygen atoms in total. The van der Waals surface area contributed by atoms with Crippen LogP contribution in [0.1, 0.15) is 34.1 Å². The van der Waals surface area contributed by atoms with Crippen molar-refractivity contribution in [2.75, 3.05) is 0 Å². The molecule has 0 fully saturated rings. The van der Waals surface area contributed by atoms with Crippen molar-refractivity contribution in [1.29, 1.82) is 0 Å². The highest BCUT2D eigenvalue weighted by Crippen LogP contribution is 2.34. The molecule has 0 aliphatic rings. The highest BCUT2D eigenvalue weighted by molar-refractivity contribution is 7.91. The quantitative estimate of drug-likeness (QED) is 0.336. The van der Waals surface area contributed by atoms with Crippen LogP contribution in [0.15, 0.2) is 70.7 Å². The van der Waals surface area contributed by atoms with E-state index in [0.29, 0.717) is 15.9 Å². The maximum Gasteiger partial charge on any atom is 0.269 e. The minimum atomic E-state index is -4.12. The lowest BCUT2D eigenvalue weighted by atomic mass is 10.2. The van der Waals surface area contributed by atoms with E-state index in [4.69, 9.17) is 11.6 Å². The molecular weight excluding hydrogens is 500 g/mol. The number of amides is 2. The molecule has 1 atom stereocenters. The molecule has 186 valence electrons. The van der Waals surface area contributed by atoms with E-state index in [1.54, 1.807) is 62.6 Å². The summed E-state index contributed by atoms with van der Waals surface area (Å²) in [5.74, 6) is -1.14. The lowest BCUT2D eigenvalue weighted by Gasteiger charge is -2.15. The van der Waals surface area contributed by atoms with E-state index in [2.05, 4.69) is 20.6 Å². The second-order valence-corrected chi connectivity index (χ2v) is 10.9. The molecule has 0 unspecified atom stereocenters. The Morgan fingerprint density at radius 2 is 1.69 bits per heavy atom. The molecule has 10 heteroatoms. The molecule has 36 heavy (non-hydrogen) atoms. The first-order chi connectivity index (χ1) is 17.1. The van der Waals surface area contributed by atoms with Crippen LogP contribution in [0.5, 0.6) is 0 Å². The normalized spacial score (nSPS) is 12.3. The largest absolute Gasteiger partial charge is 0.350 e. The number of rotatable bonds is 7. The predicted molar refractivity (Wildman–Crippen MR) is 138 cm³/mol. The molecule has 0 aliphatic carbocycles. The van der Waals surface area contributed by atoms with Crippen LogP contribution in [0.2, 0.25) is 5.02 Å². The van der Waals surface area contributed by atoms with Gasteiger partial charge in [-0.2, -0.15) is 0 Å². The summed E-state index contributed by atoms with van der Waals surface area (Å²) in [6.45, 7) is 5.39. The van der Waals surface area contributed by atoms with Gasteiger partial charge < -0.3 is 15.6 Å². The molecular formula is C26H25ClN4O4S. The molecule has 0 saturated carbocycles. The third kappa shape index (κ3) is 5.27. The Hall–Kier alpha value is -3.69. The Balaban J connectivity index is 1.68. The molecule has 0 bridgehead atoms. The number of hydrogen-bond donors (Lipinski definition) is 3. The highest BCUT2D eigenvalue weighted by Gasteiger charge is 2.31. The minimum Gasteiger partial charge on any atom is -0.350 e. The zero-order valence-electron chi connectivity index (χ0n) is 19.9. The first kappa shape index (κ1) is 25.4. The van der Waals surface area contributed by atoms with Gasteiger partial charge in [-0.25, -0.2) is 8.42 Å². The fourth-order valence-electron chi connectivity index (χ4n) is 3.96. The monoisotopic (exact) mass is 524 g/mol. The van der Waals surface area contributed by atoms with E-state index in [9.17, 15) is 18.0 Å². The number of halogens is 1. The highest BCUT2D eigenvalue weighted by atomic mass is 35.5. The number of sulfone groups is 1. The van der Waals surface area contributed by atoms with Crippen LogP contribution in [-0.4, -0.2) is 36.2 Å². The van der Waals surface area contributed by atoms with Crippen molar-refractivity contribution in [2.24, 2.45) is 0 Å². The number of nitrogens with one attached hydrogen (secondary N) is 3. The summed E-state index contributed by atoms with van der Waals surface area (Å²) >= 11 is 6.17. The third-order valence-corrected chi connectivity index (χ3v) is 7.72. The lowest BCUT2D eigenvalue weighted by Crippen LogP contribution is -2.44. The molecule has 4 aromatic rings. The van der Waals surface area contributed by atoms with Crippen molar-refractivity contribution in [3.8, 4) is 0 Å². The van der Waals surface area contributed by atoms with Crippen LogP contribution in [0, 0.1) is 13.8 Å². The number of carbonyl (C=O) groups excluding carboxylic acids is 2. The number of aromatic amines is 1. The minimum absolute atomic E-state index is 0.0677. The standard InChI is InChI=1S/C26H25ClN4O4S/c1-15-10-16(2)12-20(11-15)36(34,35)24-21-13-19(27)4-5-22(21)31-23(24)26(33)30-17(3)25(32)29-14-18-6-8-28-9-7-18/h4-13,17,31H,14H2,1-3H3,(H,29,32)(H,30,33)/t17-/m0/s1. The Morgan fingerprint density at radius 1 is 1.03 bits per heavy atom. The Labute approximate surface area is 214 Å². The number of pyridine rings is 1. The molecule has 0 aliphatic heterocycles. The number of carbonyl (C=O) groups is 2. The maximum absolute atomic E-state index is 13.8. The summed E-state index contributed by atoms with van der Waals surface area (Å²) in [4.78, 5) is 32.6. The van der Waals surface area contributed by atoms with Gasteiger partial charge in [-0.15, -0.1) is 0 Å². The van der Waals surface area contributed by atoms with Gasteiger partial charge in [0.25, 0.3) is 5.91 Å². The van der Waals surface area contributed by atoms with E-state index < -0.39 is 27.7 Å². The average molecular weight is 525 g/mol. The molecule has 0 radical (unpaired) electrons. The van der Waals surface area contributed by atoms with Crippen molar-refractivity contribution in [1.82, 2.24) is 20.6 Å². The molecule has 2 aromatic carbocycles. The summed E-state index contributed by atoms with van der Waals surface area (Å²) in [6.07, 6.45) is 3.24. The van der Waals surface area contributed by atoms with Crippen LogP contribution < -0.4 is 10.6 Å². The summed E-state index contributed by atoms with van der Waals surface area (Å²) in [6, 6.07) is 12.3. The van der Waals surface area contributed by atoms with Gasteiger partial charge in [0.2, 0.25) is 15.7 Å². The zero-order valence-corrected chi connectivity index (χ0v) is 21.5. The molecule has 3 N–H and O–H groups in total. The van der Waals surface area contributed by atoms with E-state index in [1.807, 2.05) is 6.07 Å². The number of H-pyrrole nitrogens is 1. The maximum atomic E-state index is 13.8. The molecule has 2 amide bonds. The van der Waals surface area contributed by atoms with E-state index in [1.165, 1.54) is 13.0 Å². The molecule has 2 aromatic heterocycles. The van der Waals surface area contributed by atoms with Gasteiger partial charge in [0.15, 0.2) is 0 Å². The lowest BCUT2D eigenvalue weighted by molar-refractivity contribution is -0.122. The van der Waals surface area contributed by atoms with Gasteiger partial charge >= 0.3 is 0 Å². The Morgan fingerprint density at radius 3 is 2.36 bits per heavy atom. The molecule has 4 rings (SSSR count). The van der Waals surface area contributed by atoms with Crippen LogP contribution in [0.3, 0.4) is 0 Å². The third-order valence-electron chi connectivity index (χ3n) is 5.67. The van der Waals surface area contributed by atoms with Crippen molar-refractivity contribution < 1.29 is 18.0 Å². The topological polar surface area (TPSA) is 121 Å². The van der Waals surface area contributed by atoms with E-state index in [-0.39, 0.29) is 22.0 Å². The van der Waals surface area contributed by atoms with Gasteiger partial charge in [-0.05, 0) is 79.9 Å². The van der Waals surface area contributed by atoms with Gasteiger partial charge in [0.05, 0.1) is 4.90 Å². The second-order valence-electron chi connectivity index (χ2n) is 8.61. The molecule has 0 spiro atoms. The SMILES string of the molecule is Cc1cc(C)cc(S(=O)(=O)c2c(C(=O)N[C@@H](C)C(=O)NCc3ccncc3)[nH]c3ccc(Cl)cc23)c1. The van der Waals surface area contributed by atoms with Crippen LogP contribution in [0.4, 0.5) is 0 Å². The summed E-state index contributed by atoms with van der Waals surface area (Å²) < 4.78 is 27.6. The number of benzene rings is 2. The number of aryl methyl sites for hydroxylation is 2. The first-order valence-electron chi connectivity index (χ1n) is 11.2. The Kier molecular flexibility index (Phi) is 7.14. The Bertz CT molecular complexity index is 1550. The van der Waals surface area contributed by atoms with Crippen molar-refractivity contribution in [3.63, 3.8) is 0 Å². The van der Waals surface area contributed by atoms with Gasteiger partial charge in [0.1, 0.15) is 16.6 Å². The van der Waals surface area contributed by atoms with Gasteiger partial charge in [-0.3, -0.25) is 14.6 Å². The second kappa shape index (κ2) is 10.1. The first-order valence-corrected chi connectivity index (χ1v) is 13.0.